The number of hydrogen-bond acceptors (Lipinski definition) is 3. The molecule has 3 heteroatoms. The zero-order chi connectivity index (χ0) is 14.4. The first-order valence-corrected chi connectivity index (χ1v) is 8.53. The maximum absolute atomic E-state index is 6.65. The van der Waals surface area contributed by atoms with E-state index in [2.05, 4.69) is 41.1 Å². The van der Waals surface area contributed by atoms with Crippen LogP contribution in [0.4, 0.5) is 0 Å². The van der Waals surface area contributed by atoms with Crippen molar-refractivity contribution in [3.63, 3.8) is 0 Å². The molecule has 3 nitrogen and oxygen atoms in total. The van der Waals surface area contributed by atoms with Crippen LogP contribution in [0.25, 0.3) is 0 Å². The predicted octanol–water partition coefficient (Wildman–Crippen LogP) is 2.17. The Morgan fingerprint density at radius 1 is 1.05 bits per heavy atom. The molecule has 0 saturated carbocycles. The lowest BCUT2D eigenvalue weighted by molar-refractivity contribution is 0.138. The van der Waals surface area contributed by atoms with E-state index < -0.39 is 0 Å². The third-order valence-electron chi connectivity index (χ3n) is 6.19. The van der Waals surface area contributed by atoms with Crippen LogP contribution >= 0.6 is 0 Å². The summed E-state index contributed by atoms with van der Waals surface area (Å²) in [5.74, 6) is 0. The van der Waals surface area contributed by atoms with Gasteiger partial charge in [-0.3, -0.25) is 9.80 Å². The van der Waals surface area contributed by atoms with Gasteiger partial charge in [0.1, 0.15) is 0 Å². The fourth-order valence-electron chi connectivity index (χ4n) is 4.82. The molecule has 2 heterocycles. The molecule has 4 atom stereocenters. The third kappa shape index (κ3) is 2.32. The van der Waals surface area contributed by atoms with Crippen molar-refractivity contribution in [2.24, 2.45) is 5.73 Å². The van der Waals surface area contributed by atoms with Crippen LogP contribution in [0, 0.1) is 0 Å². The molecular weight excluding hydrogens is 258 g/mol. The van der Waals surface area contributed by atoms with Crippen LogP contribution in [-0.2, 0) is 6.42 Å². The standard InChI is InChI=1S/C18H27N3/c1-20-14-7-8-15(20)12-21(11-10-14)17-9-6-13-4-2-3-5-16(13)18(17)19/h2-5,14-15,17-18H,6-12,19H2,1H3. The second kappa shape index (κ2) is 5.38. The normalized spacial score (nSPS) is 37.2. The van der Waals surface area contributed by atoms with Crippen LogP contribution in [0.3, 0.4) is 0 Å². The Morgan fingerprint density at radius 3 is 2.76 bits per heavy atom. The highest BCUT2D eigenvalue weighted by molar-refractivity contribution is 5.33. The summed E-state index contributed by atoms with van der Waals surface area (Å²) in [6.07, 6.45) is 6.50. The highest BCUT2D eigenvalue weighted by Crippen LogP contribution is 2.35. The number of benzene rings is 1. The molecule has 2 aliphatic heterocycles. The van der Waals surface area contributed by atoms with Gasteiger partial charge in [0.2, 0.25) is 0 Å². The van der Waals surface area contributed by atoms with Crippen molar-refractivity contribution < 1.29 is 0 Å². The average Bonchev–Trinajstić information content (AvgIpc) is 2.74. The van der Waals surface area contributed by atoms with E-state index in [0.29, 0.717) is 6.04 Å². The van der Waals surface area contributed by atoms with Gasteiger partial charge in [0, 0.05) is 37.3 Å². The highest BCUT2D eigenvalue weighted by atomic mass is 15.3. The van der Waals surface area contributed by atoms with Gasteiger partial charge in [0.05, 0.1) is 0 Å². The Bertz CT molecular complexity index is 515. The summed E-state index contributed by atoms with van der Waals surface area (Å²) in [5.41, 5.74) is 9.50. The molecule has 1 aromatic rings. The van der Waals surface area contributed by atoms with Crippen molar-refractivity contribution in [1.29, 1.82) is 0 Å². The van der Waals surface area contributed by atoms with Gasteiger partial charge in [0.25, 0.3) is 0 Å². The first kappa shape index (κ1) is 13.7. The van der Waals surface area contributed by atoms with Gasteiger partial charge in [-0.2, -0.15) is 0 Å². The molecule has 0 aromatic heterocycles. The van der Waals surface area contributed by atoms with Crippen LogP contribution in [-0.4, -0.2) is 48.1 Å². The fraction of sp³-hybridized carbons (Fsp3) is 0.667. The molecule has 4 rings (SSSR count). The van der Waals surface area contributed by atoms with Gasteiger partial charge in [-0.05, 0) is 50.3 Å². The van der Waals surface area contributed by atoms with E-state index in [-0.39, 0.29) is 6.04 Å². The average molecular weight is 285 g/mol. The molecule has 2 fully saturated rings. The lowest BCUT2D eigenvalue weighted by Crippen LogP contribution is -2.48. The van der Waals surface area contributed by atoms with Gasteiger partial charge >= 0.3 is 0 Å². The zero-order valence-corrected chi connectivity index (χ0v) is 13.0. The van der Waals surface area contributed by atoms with Crippen LogP contribution in [0.5, 0.6) is 0 Å². The summed E-state index contributed by atoms with van der Waals surface area (Å²) >= 11 is 0. The van der Waals surface area contributed by atoms with Crippen molar-refractivity contribution >= 4 is 0 Å². The SMILES string of the molecule is CN1C2CCC1CN(C1CCc3ccccc3C1N)CC2. The molecule has 0 amide bonds. The number of likely N-dealkylation sites (N-methyl/N-ethyl adjacent to an activating group) is 1. The van der Waals surface area contributed by atoms with E-state index in [1.807, 2.05) is 0 Å². The van der Waals surface area contributed by atoms with E-state index in [1.165, 1.54) is 56.3 Å². The lowest BCUT2D eigenvalue weighted by Gasteiger charge is -2.40. The summed E-state index contributed by atoms with van der Waals surface area (Å²) < 4.78 is 0. The quantitative estimate of drug-likeness (QED) is 0.858. The van der Waals surface area contributed by atoms with Gasteiger partial charge in [-0.1, -0.05) is 24.3 Å². The van der Waals surface area contributed by atoms with Gasteiger partial charge in [0.15, 0.2) is 0 Å². The number of nitrogens with two attached hydrogens (primary N) is 1. The monoisotopic (exact) mass is 285 g/mol. The summed E-state index contributed by atoms with van der Waals surface area (Å²) in [6, 6.07) is 11.1. The zero-order valence-electron chi connectivity index (χ0n) is 13.0. The predicted molar refractivity (Wildman–Crippen MR) is 86.2 cm³/mol. The van der Waals surface area contributed by atoms with E-state index >= 15 is 0 Å². The second-order valence-corrected chi connectivity index (χ2v) is 7.16. The van der Waals surface area contributed by atoms with Crippen LogP contribution in [0.2, 0.25) is 0 Å². The molecule has 0 spiro atoms. The van der Waals surface area contributed by atoms with Crippen molar-refractivity contribution in [2.45, 2.75) is 56.3 Å². The topological polar surface area (TPSA) is 32.5 Å². The van der Waals surface area contributed by atoms with Gasteiger partial charge < -0.3 is 5.73 Å². The van der Waals surface area contributed by atoms with E-state index in [1.54, 1.807) is 0 Å². The van der Waals surface area contributed by atoms with Crippen LogP contribution in [0.15, 0.2) is 24.3 Å². The number of likely N-dealkylation sites (tertiary alicyclic amines) is 1. The van der Waals surface area contributed by atoms with Gasteiger partial charge in [-0.15, -0.1) is 0 Å². The molecular formula is C18H27N3. The molecule has 4 unspecified atom stereocenters. The van der Waals surface area contributed by atoms with Crippen LogP contribution < -0.4 is 5.73 Å². The number of rotatable bonds is 1. The van der Waals surface area contributed by atoms with Crippen molar-refractivity contribution in [2.75, 3.05) is 20.1 Å². The Labute approximate surface area is 128 Å². The summed E-state index contributed by atoms with van der Waals surface area (Å²) in [7, 11) is 2.32. The van der Waals surface area contributed by atoms with E-state index in [4.69, 9.17) is 5.73 Å². The molecule has 0 radical (unpaired) electrons. The van der Waals surface area contributed by atoms with Crippen molar-refractivity contribution in [1.82, 2.24) is 9.80 Å². The largest absolute Gasteiger partial charge is 0.323 e. The van der Waals surface area contributed by atoms with Crippen molar-refractivity contribution in [3.05, 3.63) is 35.4 Å². The Kier molecular flexibility index (Phi) is 3.52. The van der Waals surface area contributed by atoms with E-state index in [9.17, 15) is 0 Å². The first-order valence-electron chi connectivity index (χ1n) is 8.53. The smallest absolute Gasteiger partial charge is 0.0455 e. The number of fused-ring (bicyclic) bond motifs is 3. The minimum absolute atomic E-state index is 0.192. The number of hydrogen-bond donors (Lipinski definition) is 1. The van der Waals surface area contributed by atoms with Crippen LogP contribution in [0.1, 0.15) is 42.9 Å². The molecule has 3 aliphatic rings. The molecule has 1 aromatic carbocycles. The molecule has 2 N–H and O–H groups in total. The summed E-state index contributed by atoms with van der Waals surface area (Å²) in [5, 5.41) is 0. The molecule has 21 heavy (non-hydrogen) atoms. The molecule has 2 saturated heterocycles. The maximum atomic E-state index is 6.65. The molecule has 1 aliphatic carbocycles. The van der Waals surface area contributed by atoms with E-state index in [0.717, 1.165) is 12.1 Å². The van der Waals surface area contributed by atoms with Crippen molar-refractivity contribution in [3.8, 4) is 0 Å². The number of nitrogens with zero attached hydrogens (tertiary/aromatic N) is 2. The summed E-state index contributed by atoms with van der Waals surface area (Å²) in [6.45, 7) is 2.44. The Morgan fingerprint density at radius 2 is 1.86 bits per heavy atom. The number of aryl methyl sites for hydroxylation is 1. The molecule has 2 bridgehead atoms. The first-order chi connectivity index (χ1) is 10.2. The third-order valence-corrected chi connectivity index (χ3v) is 6.19. The van der Waals surface area contributed by atoms with Gasteiger partial charge in [-0.25, -0.2) is 0 Å². The fourth-order valence-corrected chi connectivity index (χ4v) is 4.82. The summed E-state index contributed by atoms with van der Waals surface area (Å²) in [4.78, 5) is 5.34. The molecule has 114 valence electrons. The maximum Gasteiger partial charge on any atom is 0.0455 e. The minimum Gasteiger partial charge on any atom is -0.323 e. The highest BCUT2D eigenvalue weighted by Gasteiger charge is 2.39. The Hall–Kier alpha value is -0.900. The minimum atomic E-state index is 0.192. The Balaban J connectivity index is 1.55. The second-order valence-electron chi connectivity index (χ2n) is 7.16. The lowest BCUT2D eigenvalue weighted by atomic mass is 9.83.